The third-order valence-electron chi connectivity index (χ3n) is 3.88. The Morgan fingerprint density at radius 3 is 2.37 bits per heavy atom. The van der Waals surface area contributed by atoms with Gasteiger partial charge in [0.05, 0.1) is 20.8 Å². The molecule has 27 heavy (non-hydrogen) atoms. The number of benzene rings is 2. The zero-order valence-corrected chi connectivity index (χ0v) is 16.5. The summed E-state index contributed by atoms with van der Waals surface area (Å²) in [6, 6.07) is 13.6. The fourth-order valence-electron chi connectivity index (χ4n) is 2.55. The molecule has 2 aromatic rings. The van der Waals surface area contributed by atoms with Gasteiger partial charge in [-0.3, -0.25) is 4.79 Å². The van der Waals surface area contributed by atoms with Gasteiger partial charge in [-0.2, -0.15) is 4.31 Å². The highest BCUT2D eigenvalue weighted by Gasteiger charge is 2.30. The molecule has 1 N–H and O–H groups in total. The predicted octanol–water partition coefficient (Wildman–Crippen LogP) is 2.03. The maximum Gasteiger partial charge on any atom is 0.247 e. The van der Waals surface area contributed by atoms with Crippen molar-refractivity contribution in [1.82, 2.24) is 9.62 Å². The quantitative estimate of drug-likeness (QED) is 0.706. The molecule has 0 spiro atoms. The molecule has 0 aliphatic carbocycles. The average Bonchev–Trinajstić information content (AvgIpc) is 2.68. The van der Waals surface area contributed by atoms with Crippen LogP contribution >= 0.6 is 0 Å². The molecule has 0 aliphatic rings. The first-order valence-electron chi connectivity index (χ1n) is 8.45. The Morgan fingerprint density at radius 2 is 1.78 bits per heavy atom. The fraction of sp³-hybridized carbons (Fsp3) is 0.316. The van der Waals surface area contributed by atoms with E-state index in [0.29, 0.717) is 12.3 Å². The van der Waals surface area contributed by atoms with Crippen LogP contribution < -0.4 is 14.8 Å². The Labute approximate surface area is 160 Å². The van der Waals surface area contributed by atoms with Crippen LogP contribution in [0.4, 0.5) is 0 Å². The molecule has 0 heterocycles. The smallest absolute Gasteiger partial charge is 0.247 e. The van der Waals surface area contributed by atoms with Crippen LogP contribution in [0.15, 0.2) is 53.4 Å². The molecule has 0 saturated carbocycles. The normalized spacial score (nSPS) is 11.3. The van der Waals surface area contributed by atoms with Gasteiger partial charge in [0.15, 0.2) is 0 Å². The summed E-state index contributed by atoms with van der Waals surface area (Å²) in [6.07, 6.45) is 0. The van der Waals surface area contributed by atoms with Gasteiger partial charge in [-0.05, 0) is 24.6 Å². The van der Waals surface area contributed by atoms with Gasteiger partial charge in [0.2, 0.25) is 15.9 Å². The predicted molar refractivity (Wildman–Crippen MR) is 102 cm³/mol. The number of rotatable bonds is 9. The zero-order valence-electron chi connectivity index (χ0n) is 15.6. The van der Waals surface area contributed by atoms with E-state index in [2.05, 4.69) is 5.32 Å². The van der Waals surface area contributed by atoms with Crippen LogP contribution in [0.2, 0.25) is 0 Å². The lowest BCUT2D eigenvalue weighted by molar-refractivity contribution is -0.121. The minimum absolute atomic E-state index is 0.0513. The second-order valence-corrected chi connectivity index (χ2v) is 7.64. The highest BCUT2D eigenvalue weighted by atomic mass is 32.2. The van der Waals surface area contributed by atoms with Crippen molar-refractivity contribution in [3.8, 4) is 11.5 Å². The van der Waals surface area contributed by atoms with E-state index in [9.17, 15) is 13.2 Å². The molecule has 0 unspecified atom stereocenters. The van der Waals surface area contributed by atoms with Crippen molar-refractivity contribution in [2.24, 2.45) is 0 Å². The van der Waals surface area contributed by atoms with Crippen LogP contribution in [0.25, 0.3) is 0 Å². The Bertz CT molecular complexity index is 869. The lowest BCUT2D eigenvalue weighted by atomic mass is 10.2. The summed E-state index contributed by atoms with van der Waals surface area (Å²) < 4.78 is 38.2. The number of methoxy groups -OCH3 is 2. The summed E-state index contributed by atoms with van der Waals surface area (Å²) in [6.45, 7) is 1.95. The highest BCUT2D eigenvalue weighted by molar-refractivity contribution is 7.89. The van der Waals surface area contributed by atoms with Gasteiger partial charge in [0.1, 0.15) is 16.4 Å². The molecule has 7 nitrogen and oxygen atoms in total. The van der Waals surface area contributed by atoms with E-state index in [4.69, 9.17) is 9.47 Å². The Morgan fingerprint density at radius 1 is 1.07 bits per heavy atom. The second-order valence-electron chi connectivity index (χ2n) is 5.73. The van der Waals surface area contributed by atoms with Gasteiger partial charge in [-0.15, -0.1) is 0 Å². The Balaban J connectivity index is 2.47. The largest absolute Gasteiger partial charge is 0.497 e. The summed E-state index contributed by atoms with van der Waals surface area (Å²) in [5.74, 6) is 0.190. The van der Waals surface area contributed by atoms with Gasteiger partial charge in [0.25, 0.3) is 0 Å². The molecule has 0 saturated heterocycles. The van der Waals surface area contributed by atoms with Gasteiger partial charge < -0.3 is 14.8 Å². The molecule has 2 aromatic carbocycles. The SMILES string of the molecule is CCNC(=O)CN(Cc1ccccc1)S(=O)(=O)c1cc(OC)ccc1OC. The molecule has 1 amide bonds. The number of hydrogen-bond donors (Lipinski definition) is 1. The van der Waals surface area contributed by atoms with Crippen LogP contribution in [0.3, 0.4) is 0 Å². The lowest BCUT2D eigenvalue weighted by Gasteiger charge is -2.23. The molecule has 0 aliphatic heterocycles. The highest BCUT2D eigenvalue weighted by Crippen LogP contribution is 2.31. The van der Waals surface area contributed by atoms with Gasteiger partial charge in [-0.1, -0.05) is 30.3 Å². The van der Waals surface area contributed by atoms with Crippen molar-refractivity contribution in [2.75, 3.05) is 27.3 Å². The van der Waals surface area contributed by atoms with E-state index < -0.39 is 10.0 Å². The number of amides is 1. The summed E-state index contributed by atoms with van der Waals surface area (Å²) in [5, 5.41) is 2.64. The van der Waals surface area contributed by atoms with Crippen molar-refractivity contribution >= 4 is 15.9 Å². The average molecular weight is 392 g/mol. The van der Waals surface area contributed by atoms with E-state index in [-0.39, 0.29) is 29.6 Å². The Kier molecular flexibility index (Phi) is 7.20. The number of carbonyl (C=O) groups excluding carboxylic acids is 1. The molecular weight excluding hydrogens is 368 g/mol. The number of nitrogens with zero attached hydrogens (tertiary/aromatic N) is 1. The Hall–Kier alpha value is -2.58. The topological polar surface area (TPSA) is 84.9 Å². The first-order chi connectivity index (χ1) is 12.9. The molecule has 0 aromatic heterocycles. The van der Waals surface area contributed by atoms with Crippen LogP contribution in [0.5, 0.6) is 11.5 Å². The molecule has 0 radical (unpaired) electrons. The maximum absolute atomic E-state index is 13.3. The van der Waals surface area contributed by atoms with E-state index in [1.54, 1.807) is 13.0 Å². The number of sulfonamides is 1. The van der Waals surface area contributed by atoms with Gasteiger partial charge in [0, 0.05) is 19.2 Å². The van der Waals surface area contributed by atoms with Crippen molar-refractivity contribution in [3.05, 3.63) is 54.1 Å². The molecule has 0 fully saturated rings. The third kappa shape index (κ3) is 5.21. The minimum atomic E-state index is -4.02. The number of nitrogens with one attached hydrogen (secondary N) is 1. The van der Waals surface area contributed by atoms with Crippen molar-refractivity contribution in [1.29, 1.82) is 0 Å². The molecule has 146 valence electrons. The van der Waals surface area contributed by atoms with E-state index >= 15 is 0 Å². The van der Waals surface area contributed by atoms with Crippen LogP contribution in [0.1, 0.15) is 12.5 Å². The van der Waals surface area contributed by atoms with Crippen LogP contribution in [-0.4, -0.2) is 45.9 Å². The fourth-order valence-corrected chi connectivity index (χ4v) is 4.11. The lowest BCUT2D eigenvalue weighted by Crippen LogP contribution is -2.40. The van der Waals surface area contributed by atoms with E-state index in [0.717, 1.165) is 9.87 Å². The summed E-state index contributed by atoms with van der Waals surface area (Å²) >= 11 is 0. The third-order valence-corrected chi connectivity index (χ3v) is 5.70. The number of carbonyl (C=O) groups is 1. The molecule has 0 atom stereocenters. The van der Waals surface area contributed by atoms with E-state index in [1.807, 2.05) is 30.3 Å². The van der Waals surface area contributed by atoms with Crippen LogP contribution in [-0.2, 0) is 21.4 Å². The molecular formula is C19H24N2O5S. The van der Waals surface area contributed by atoms with Crippen LogP contribution in [0, 0.1) is 0 Å². The monoisotopic (exact) mass is 392 g/mol. The van der Waals surface area contributed by atoms with Gasteiger partial charge in [-0.25, -0.2) is 8.42 Å². The molecule has 0 bridgehead atoms. The van der Waals surface area contributed by atoms with Crippen molar-refractivity contribution in [3.63, 3.8) is 0 Å². The maximum atomic E-state index is 13.3. The summed E-state index contributed by atoms with van der Waals surface area (Å²) in [5.41, 5.74) is 0.771. The number of likely N-dealkylation sites (N-methyl/N-ethyl adjacent to an activating group) is 1. The summed E-state index contributed by atoms with van der Waals surface area (Å²) in [7, 11) is -1.17. The molecule has 8 heteroatoms. The summed E-state index contributed by atoms with van der Waals surface area (Å²) in [4.78, 5) is 12.1. The number of hydrogen-bond acceptors (Lipinski definition) is 5. The standard InChI is InChI=1S/C19H24N2O5S/c1-4-20-19(22)14-21(13-15-8-6-5-7-9-15)27(23,24)18-12-16(25-2)10-11-17(18)26-3/h5-12H,4,13-14H2,1-3H3,(H,20,22). The second kappa shape index (κ2) is 9.38. The van der Waals surface area contributed by atoms with Gasteiger partial charge >= 0.3 is 0 Å². The first kappa shape index (κ1) is 20.7. The van der Waals surface area contributed by atoms with Crippen molar-refractivity contribution in [2.45, 2.75) is 18.4 Å². The molecule has 2 rings (SSSR count). The first-order valence-corrected chi connectivity index (χ1v) is 9.89. The zero-order chi connectivity index (χ0) is 19.9. The van der Waals surface area contributed by atoms with Crippen molar-refractivity contribution < 1.29 is 22.7 Å². The minimum Gasteiger partial charge on any atom is -0.497 e. The number of ether oxygens (including phenoxy) is 2. The van der Waals surface area contributed by atoms with E-state index in [1.165, 1.54) is 26.4 Å².